The van der Waals surface area contributed by atoms with Crippen LogP contribution >= 0.6 is 0 Å². The van der Waals surface area contributed by atoms with E-state index in [0.29, 0.717) is 12.1 Å². The van der Waals surface area contributed by atoms with Crippen molar-refractivity contribution in [3.8, 4) is 0 Å². The van der Waals surface area contributed by atoms with Crippen molar-refractivity contribution in [2.24, 2.45) is 0 Å². The average Bonchev–Trinajstić information content (AvgIpc) is 2.72. The third-order valence-electron chi connectivity index (χ3n) is 5.01. The standard InChI is InChI=1S/C24H33N3O4S/c1-6-22(24(29)25-18(2)3)26(16-20-10-8-7-9-11-20)23(28)17-27(32(5,30)31)21-14-12-19(4)13-15-21/h7-15,18,22H,6,16-17H2,1-5H3,(H,25,29). The van der Waals surface area contributed by atoms with Crippen LogP contribution in [0.3, 0.4) is 0 Å². The Kier molecular flexibility index (Phi) is 8.83. The van der Waals surface area contributed by atoms with Gasteiger partial charge in [-0.05, 0) is 44.9 Å². The highest BCUT2D eigenvalue weighted by atomic mass is 32.2. The van der Waals surface area contributed by atoms with Crippen molar-refractivity contribution < 1.29 is 18.0 Å². The third kappa shape index (κ3) is 7.09. The molecule has 0 radical (unpaired) electrons. The van der Waals surface area contributed by atoms with E-state index in [2.05, 4.69) is 5.32 Å². The summed E-state index contributed by atoms with van der Waals surface area (Å²) in [5.74, 6) is -0.696. The fourth-order valence-electron chi connectivity index (χ4n) is 3.41. The van der Waals surface area contributed by atoms with Gasteiger partial charge in [-0.2, -0.15) is 0 Å². The summed E-state index contributed by atoms with van der Waals surface area (Å²) >= 11 is 0. The Labute approximate surface area is 191 Å². The minimum atomic E-state index is -3.72. The number of aryl methyl sites for hydroxylation is 1. The van der Waals surface area contributed by atoms with Crippen molar-refractivity contribution >= 4 is 27.5 Å². The zero-order valence-electron chi connectivity index (χ0n) is 19.4. The molecule has 0 saturated carbocycles. The molecule has 0 fully saturated rings. The molecule has 0 aliphatic heterocycles. The molecule has 7 nitrogen and oxygen atoms in total. The lowest BCUT2D eigenvalue weighted by Crippen LogP contribution is -2.53. The first-order valence-corrected chi connectivity index (χ1v) is 12.6. The molecule has 32 heavy (non-hydrogen) atoms. The van der Waals surface area contributed by atoms with Gasteiger partial charge in [0.15, 0.2) is 0 Å². The molecule has 0 aliphatic carbocycles. The topological polar surface area (TPSA) is 86.8 Å². The maximum Gasteiger partial charge on any atom is 0.244 e. The van der Waals surface area contributed by atoms with Crippen LogP contribution in [0.2, 0.25) is 0 Å². The van der Waals surface area contributed by atoms with Crippen LogP contribution in [-0.4, -0.2) is 50.0 Å². The molecule has 0 aromatic heterocycles. The smallest absolute Gasteiger partial charge is 0.244 e. The molecule has 0 spiro atoms. The molecule has 2 amide bonds. The van der Waals surface area contributed by atoms with Gasteiger partial charge in [0.1, 0.15) is 12.6 Å². The molecule has 0 heterocycles. The van der Waals surface area contributed by atoms with Crippen molar-refractivity contribution in [2.45, 2.75) is 52.7 Å². The van der Waals surface area contributed by atoms with E-state index >= 15 is 0 Å². The highest BCUT2D eigenvalue weighted by Crippen LogP contribution is 2.20. The lowest BCUT2D eigenvalue weighted by atomic mass is 10.1. The largest absolute Gasteiger partial charge is 0.352 e. The molecule has 174 valence electrons. The van der Waals surface area contributed by atoms with Crippen LogP contribution < -0.4 is 9.62 Å². The van der Waals surface area contributed by atoms with Gasteiger partial charge in [-0.3, -0.25) is 13.9 Å². The Balaban J connectivity index is 2.40. The molecule has 0 saturated heterocycles. The second-order valence-corrected chi connectivity index (χ2v) is 10.1. The van der Waals surface area contributed by atoms with Gasteiger partial charge in [0.2, 0.25) is 21.8 Å². The van der Waals surface area contributed by atoms with Crippen LogP contribution in [0.15, 0.2) is 54.6 Å². The van der Waals surface area contributed by atoms with Gasteiger partial charge in [-0.25, -0.2) is 8.42 Å². The van der Waals surface area contributed by atoms with Crippen molar-refractivity contribution in [3.63, 3.8) is 0 Å². The molecule has 1 atom stereocenters. The normalized spacial score (nSPS) is 12.3. The minimum absolute atomic E-state index is 0.0784. The van der Waals surface area contributed by atoms with Crippen molar-refractivity contribution in [2.75, 3.05) is 17.1 Å². The van der Waals surface area contributed by atoms with E-state index in [4.69, 9.17) is 0 Å². The predicted molar refractivity (Wildman–Crippen MR) is 128 cm³/mol. The number of benzene rings is 2. The SMILES string of the molecule is CCC(C(=O)NC(C)C)N(Cc1ccccc1)C(=O)CN(c1ccc(C)cc1)S(C)(=O)=O. The molecular formula is C24H33N3O4S. The van der Waals surface area contributed by atoms with Crippen LogP contribution in [-0.2, 0) is 26.2 Å². The molecule has 1 unspecified atom stereocenters. The van der Waals surface area contributed by atoms with Crippen molar-refractivity contribution in [3.05, 3.63) is 65.7 Å². The molecule has 0 bridgehead atoms. The van der Waals surface area contributed by atoms with E-state index in [9.17, 15) is 18.0 Å². The van der Waals surface area contributed by atoms with Crippen LogP contribution in [0.1, 0.15) is 38.3 Å². The van der Waals surface area contributed by atoms with Gasteiger partial charge in [0, 0.05) is 12.6 Å². The Hall–Kier alpha value is -2.87. The summed E-state index contributed by atoms with van der Waals surface area (Å²) in [6.45, 7) is 7.27. The maximum atomic E-state index is 13.5. The van der Waals surface area contributed by atoms with Gasteiger partial charge >= 0.3 is 0 Å². The Bertz CT molecular complexity index is 1010. The number of nitrogens with zero attached hydrogens (tertiary/aromatic N) is 2. The number of carbonyl (C=O) groups is 2. The number of nitrogens with one attached hydrogen (secondary N) is 1. The first-order chi connectivity index (χ1) is 15.0. The summed E-state index contributed by atoms with van der Waals surface area (Å²) in [5.41, 5.74) is 2.25. The zero-order valence-corrected chi connectivity index (χ0v) is 20.2. The van der Waals surface area contributed by atoms with Crippen LogP contribution in [0.25, 0.3) is 0 Å². The maximum absolute atomic E-state index is 13.5. The number of rotatable bonds is 10. The first kappa shape index (κ1) is 25.4. The van der Waals surface area contributed by atoms with E-state index in [0.717, 1.165) is 21.7 Å². The van der Waals surface area contributed by atoms with E-state index in [1.165, 1.54) is 4.90 Å². The van der Waals surface area contributed by atoms with Crippen LogP contribution in [0, 0.1) is 6.92 Å². The highest BCUT2D eigenvalue weighted by Gasteiger charge is 2.31. The van der Waals surface area contributed by atoms with Gasteiger partial charge < -0.3 is 10.2 Å². The minimum Gasteiger partial charge on any atom is -0.352 e. The summed E-state index contributed by atoms with van der Waals surface area (Å²) in [6.07, 6.45) is 1.48. The third-order valence-corrected chi connectivity index (χ3v) is 6.15. The molecular weight excluding hydrogens is 426 g/mol. The van der Waals surface area contributed by atoms with Gasteiger partial charge in [-0.15, -0.1) is 0 Å². The second-order valence-electron chi connectivity index (χ2n) is 8.20. The summed E-state index contributed by atoms with van der Waals surface area (Å²) in [7, 11) is -3.72. The first-order valence-electron chi connectivity index (χ1n) is 10.7. The number of carbonyl (C=O) groups excluding carboxylic acids is 2. The number of amides is 2. The fraction of sp³-hybridized carbons (Fsp3) is 0.417. The number of sulfonamides is 1. The summed E-state index contributed by atoms with van der Waals surface area (Å²) in [5, 5.41) is 2.87. The zero-order chi connectivity index (χ0) is 23.9. The Morgan fingerprint density at radius 3 is 2.09 bits per heavy atom. The van der Waals surface area contributed by atoms with Crippen LogP contribution in [0.5, 0.6) is 0 Å². The fourth-order valence-corrected chi connectivity index (χ4v) is 4.25. The van der Waals surface area contributed by atoms with Crippen LogP contribution in [0.4, 0.5) is 5.69 Å². The van der Waals surface area contributed by atoms with E-state index in [1.807, 2.05) is 58.0 Å². The number of anilines is 1. The number of hydrogen-bond donors (Lipinski definition) is 1. The summed E-state index contributed by atoms with van der Waals surface area (Å²) < 4.78 is 26.1. The van der Waals surface area contributed by atoms with E-state index in [1.54, 1.807) is 24.3 Å². The van der Waals surface area contributed by atoms with Crippen molar-refractivity contribution in [1.29, 1.82) is 0 Å². The highest BCUT2D eigenvalue weighted by molar-refractivity contribution is 7.92. The Morgan fingerprint density at radius 2 is 1.59 bits per heavy atom. The predicted octanol–water partition coefficient (Wildman–Crippen LogP) is 3.09. The van der Waals surface area contributed by atoms with Gasteiger partial charge in [0.05, 0.1) is 11.9 Å². The molecule has 2 rings (SSSR count). The summed E-state index contributed by atoms with van der Waals surface area (Å²) in [6, 6.07) is 15.5. The second kappa shape index (κ2) is 11.1. The lowest BCUT2D eigenvalue weighted by Gasteiger charge is -2.33. The molecule has 2 aromatic carbocycles. The average molecular weight is 460 g/mol. The molecule has 8 heteroatoms. The van der Waals surface area contributed by atoms with Gasteiger partial charge in [0.25, 0.3) is 0 Å². The Morgan fingerprint density at radius 1 is 1.00 bits per heavy atom. The van der Waals surface area contributed by atoms with Crippen molar-refractivity contribution in [1.82, 2.24) is 10.2 Å². The van der Waals surface area contributed by atoms with E-state index in [-0.39, 0.29) is 25.0 Å². The lowest BCUT2D eigenvalue weighted by molar-refractivity contribution is -0.140. The molecule has 2 aromatic rings. The van der Waals surface area contributed by atoms with E-state index < -0.39 is 22.0 Å². The molecule has 1 N–H and O–H groups in total. The monoisotopic (exact) mass is 459 g/mol. The molecule has 0 aliphatic rings. The van der Waals surface area contributed by atoms with Gasteiger partial charge in [-0.1, -0.05) is 55.0 Å². The quantitative estimate of drug-likeness (QED) is 0.592. The number of hydrogen-bond acceptors (Lipinski definition) is 4. The summed E-state index contributed by atoms with van der Waals surface area (Å²) in [4.78, 5) is 27.8.